The SMILES string of the molecule is CCCCCNC(=O)N1CCC(N2CCCCC2)C[C@H]1C.Cl. The molecule has 0 aromatic heterocycles. The molecule has 1 unspecified atom stereocenters. The highest BCUT2D eigenvalue weighted by atomic mass is 35.5. The number of hydrogen-bond acceptors (Lipinski definition) is 2. The molecule has 4 nitrogen and oxygen atoms in total. The molecule has 1 N–H and O–H groups in total. The molecule has 2 fully saturated rings. The number of halogens is 1. The molecule has 130 valence electrons. The number of unbranched alkanes of at least 4 members (excludes halogenated alkanes) is 2. The van der Waals surface area contributed by atoms with Crippen molar-refractivity contribution >= 4 is 18.4 Å². The first-order chi connectivity index (χ1) is 10.2. The Labute approximate surface area is 142 Å². The number of carbonyl (C=O) groups excluding carboxylic acids is 1. The van der Waals surface area contributed by atoms with Crippen LogP contribution in [0.2, 0.25) is 0 Å². The summed E-state index contributed by atoms with van der Waals surface area (Å²) >= 11 is 0. The molecule has 5 heteroatoms. The summed E-state index contributed by atoms with van der Waals surface area (Å²) in [4.78, 5) is 17.0. The fraction of sp³-hybridized carbons (Fsp3) is 0.941. The van der Waals surface area contributed by atoms with Gasteiger partial charge in [0.05, 0.1) is 0 Å². The van der Waals surface area contributed by atoms with E-state index in [2.05, 4.69) is 24.1 Å². The molecule has 0 aliphatic carbocycles. The van der Waals surface area contributed by atoms with E-state index in [4.69, 9.17) is 0 Å². The number of amides is 2. The summed E-state index contributed by atoms with van der Waals surface area (Å²) in [6.07, 6.45) is 9.89. The van der Waals surface area contributed by atoms with E-state index in [9.17, 15) is 4.79 Å². The number of nitrogens with one attached hydrogen (secondary N) is 1. The van der Waals surface area contributed by atoms with Crippen LogP contribution in [-0.4, -0.2) is 54.1 Å². The molecule has 2 rings (SSSR count). The summed E-state index contributed by atoms with van der Waals surface area (Å²) in [5.41, 5.74) is 0. The smallest absolute Gasteiger partial charge is 0.317 e. The lowest BCUT2D eigenvalue weighted by Gasteiger charge is -2.43. The Morgan fingerprint density at radius 3 is 2.50 bits per heavy atom. The van der Waals surface area contributed by atoms with Crippen LogP contribution in [0.15, 0.2) is 0 Å². The van der Waals surface area contributed by atoms with Gasteiger partial charge < -0.3 is 15.1 Å². The fourth-order valence-electron chi connectivity index (χ4n) is 3.74. The lowest BCUT2D eigenvalue weighted by molar-refractivity contribution is 0.0761. The molecule has 0 spiro atoms. The molecule has 2 amide bonds. The average molecular weight is 332 g/mol. The molecule has 0 radical (unpaired) electrons. The van der Waals surface area contributed by atoms with Gasteiger partial charge in [-0.3, -0.25) is 0 Å². The van der Waals surface area contributed by atoms with Crippen LogP contribution in [-0.2, 0) is 0 Å². The summed E-state index contributed by atoms with van der Waals surface area (Å²) in [6.45, 7) is 8.67. The molecule has 2 aliphatic heterocycles. The number of piperidine rings is 2. The van der Waals surface area contributed by atoms with Crippen LogP contribution >= 0.6 is 12.4 Å². The zero-order chi connectivity index (χ0) is 15.1. The quantitative estimate of drug-likeness (QED) is 0.780. The molecule has 2 saturated heterocycles. The predicted molar refractivity (Wildman–Crippen MR) is 94.8 cm³/mol. The maximum atomic E-state index is 12.3. The van der Waals surface area contributed by atoms with E-state index in [1.54, 1.807) is 0 Å². The van der Waals surface area contributed by atoms with Crippen molar-refractivity contribution < 1.29 is 4.79 Å². The van der Waals surface area contributed by atoms with Crippen LogP contribution in [0, 0.1) is 0 Å². The van der Waals surface area contributed by atoms with Crippen molar-refractivity contribution in [1.82, 2.24) is 15.1 Å². The van der Waals surface area contributed by atoms with Crippen LogP contribution in [0.5, 0.6) is 0 Å². The maximum absolute atomic E-state index is 12.3. The molecule has 0 aromatic rings. The van der Waals surface area contributed by atoms with Crippen molar-refractivity contribution in [1.29, 1.82) is 0 Å². The first kappa shape index (κ1) is 19.6. The number of carbonyl (C=O) groups is 1. The van der Waals surface area contributed by atoms with E-state index in [0.717, 1.165) is 32.4 Å². The molecule has 0 bridgehead atoms. The summed E-state index contributed by atoms with van der Waals surface area (Å²) in [7, 11) is 0. The highest BCUT2D eigenvalue weighted by Gasteiger charge is 2.31. The minimum absolute atomic E-state index is 0. The minimum atomic E-state index is 0. The van der Waals surface area contributed by atoms with E-state index in [0.29, 0.717) is 12.1 Å². The third-order valence-corrected chi connectivity index (χ3v) is 5.07. The molecule has 2 aliphatic rings. The van der Waals surface area contributed by atoms with Gasteiger partial charge in [0.25, 0.3) is 0 Å². The average Bonchev–Trinajstić information content (AvgIpc) is 2.52. The second-order valence-electron chi connectivity index (χ2n) is 6.76. The van der Waals surface area contributed by atoms with Crippen molar-refractivity contribution in [3.8, 4) is 0 Å². The Kier molecular flexibility index (Phi) is 9.18. The Morgan fingerprint density at radius 2 is 1.86 bits per heavy atom. The Morgan fingerprint density at radius 1 is 1.14 bits per heavy atom. The summed E-state index contributed by atoms with van der Waals surface area (Å²) < 4.78 is 0. The first-order valence-electron chi connectivity index (χ1n) is 9.01. The second-order valence-corrected chi connectivity index (χ2v) is 6.76. The molecule has 2 atom stereocenters. The predicted octanol–water partition coefficient (Wildman–Crippen LogP) is 3.65. The molecular weight excluding hydrogens is 298 g/mol. The standard InChI is InChI=1S/C17H33N3O.ClH/c1-3-4-6-10-18-17(21)20-13-9-16(14-15(20)2)19-11-7-5-8-12-19;/h15-16H,3-14H2,1-2H3,(H,18,21);1H/t15-,16?;/m1./s1. The zero-order valence-corrected chi connectivity index (χ0v) is 15.2. The summed E-state index contributed by atoms with van der Waals surface area (Å²) in [6, 6.07) is 1.22. The molecule has 0 saturated carbocycles. The topological polar surface area (TPSA) is 35.6 Å². The Bertz CT molecular complexity index is 321. The van der Waals surface area contributed by atoms with Gasteiger partial charge in [-0.15, -0.1) is 12.4 Å². The van der Waals surface area contributed by atoms with Gasteiger partial charge in [-0.2, -0.15) is 0 Å². The van der Waals surface area contributed by atoms with Crippen molar-refractivity contribution in [2.75, 3.05) is 26.2 Å². The molecular formula is C17H34ClN3O. The number of hydrogen-bond donors (Lipinski definition) is 1. The van der Waals surface area contributed by atoms with Crippen LogP contribution in [0.25, 0.3) is 0 Å². The molecule has 2 heterocycles. The van der Waals surface area contributed by atoms with E-state index in [1.807, 2.05) is 4.90 Å². The highest BCUT2D eigenvalue weighted by molar-refractivity contribution is 5.85. The lowest BCUT2D eigenvalue weighted by atomic mass is 9.95. The zero-order valence-electron chi connectivity index (χ0n) is 14.4. The van der Waals surface area contributed by atoms with E-state index >= 15 is 0 Å². The van der Waals surface area contributed by atoms with Crippen LogP contribution < -0.4 is 5.32 Å². The van der Waals surface area contributed by atoms with E-state index < -0.39 is 0 Å². The maximum Gasteiger partial charge on any atom is 0.317 e. The largest absolute Gasteiger partial charge is 0.338 e. The number of rotatable bonds is 5. The van der Waals surface area contributed by atoms with Crippen LogP contribution in [0.3, 0.4) is 0 Å². The third-order valence-electron chi connectivity index (χ3n) is 5.07. The minimum Gasteiger partial charge on any atom is -0.338 e. The lowest BCUT2D eigenvalue weighted by Crippen LogP contribution is -2.54. The van der Waals surface area contributed by atoms with Crippen molar-refractivity contribution in [3.05, 3.63) is 0 Å². The van der Waals surface area contributed by atoms with Crippen LogP contribution in [0.1, 0.15) is 65.2 Å². The Hall–Kier alpha value is -0.480. The van der Waals surface area contributed by atoms with Gasteiger partial charge in [0, 0.05) is 25.2 Å². The van der Waals surface area contributed by atoms with Crippen LogP contribution in [0.4, 0.5) is 4.79 Å². The van der Waals surface area contributed by atoms with Crippen molar-refractivity contribution in [2.45, 2.75) is 77.3 Å². The normalized spacial score (nSPS) is 26.4. The van der Waals surface area contributed by atoms with E-state index in [1.165, 1.54) is 45.2 Å². The van der Waals surface area contributed by atoms with Gasteiger partial charge >= 0.3 is 6.03 Å². The number of urea groups is 1. The second kappa shape index (κ2) is 10.3. The van der Waals surface area contributed by atoms with Gasteiger partial charge in [-0.05, 0) is 52.1 Å². The Balaban J connectivity index is 0.00000242. The van der Waals surface area contributed by atoms with Gasteiger partial charge in [0.15, 0.2) is 0 Å². The van der Waals surface area contributed by atoms with E-state index in [-0.39, 0.29) is 18.4 Å². The highest BCUT2D eigenvalue weighted by Crippen LogP contribution is 2.24. The van der Waals surface area contributed by atoms with Crippen molar-refractivity contribution in [3.63, 3.8) is 0 Å². The van der Waals surface area contributed by atoms with Crippen molar-refractivity contribution in [2.24, 2.45) is 0 Å². The van der Waals surface area contributed by atoms with Gasteiger partial charge in [0.1, 0.15) is 0 Å². The first-order valence-corrected chi connectivity index (χ1v) is 9.01. The molecule has 0 aromatic carbocycles. The third kappa shape index (κ3) is 5.62. The summed E-state index contributed by atoms with van der Waals surface area (Å²) in [5.74, 6) is 0. The summed E-state index contributed by atoms with van der Waals surface area (Å²) in [5, 5.41) is 3.09. The number of likely N-dealkylation sites (tertiary alicyclic amines) is 2. The monoisotopic (exact) mass is 331 g/mol. The van der Waals surface area contributed by atoms with Gasteiger partial charge in [-0.1, -0.05) is 26.2 Å². The number of nitrogens with zero attached hydrogens (tertiary/aromatic N) is 2. The molecule has 22 heavy (non-hydrogen) atoms. The van der Waals surface area contributed by atoms with Gasteiger partial charge in [-0.25, -0.2) is 4.79 Å². The van der Waals surface area contributed by atoms with Gasteiger partial charge in [0.2, 0.25) is 0 Å². The fourth-order valence-corrected chi connectivity index (χ4v) is 3.74.